The molecule has 0 aliphatic rings. The van der Waals surface area contributed by atoms with Crippen molar-refractivity contribution >= 4 is 5.91 Å². The fourth-order valence-electron chi connectivity index (χ4n) is 1.91. The van der Waals surface area contributed by atoms with E-state index >= 15 is 0 Å². The average molecular weight is 282 g/mol. The van der Waals surface area contributed by atoms with E-state index in [1.165, 1.54) is 12.1 Å². The van der Waals surface area contributed by atoms with E-state index in [1.807, 2.05) is 13.8 Å². The maximum absolute atomic E-state index is 12.0. The van der Waals surface area contributed by atoms with E-state index in [0.29, 0.717) is 18.7 Å². The maximum Gasteiger partial charge on any atom is 0.239 e. The van der Waals surface area contributed by atoms with Crippen LogP contribution in [0.4, 0.5) is 0 Å². The molecule has 1 unspecified atom stereocenters. The smallest absolute Gasteiger partial charge is 0.239 e. The summed E-state index contributed by atoms with van der Waals surface area (Å²) in [5.74, 6) is -1.32. The molecule has 112 valence electrons. The molecule has 0 spiro atoms. The van der Waals surface area contributed by atoms with Gasteiger partial charge in [-0.3, -0.25) is 4.79 Å². The molecule has 20 heavy (non-hydrogen) atoms. The molecular weight excluding hydrogens is 260 g/mol. The minimum Gasteiger partial charge on any atom is -0.504 e. The van der Waals surface area contributed by atoms with Gasteiger partial charge in [0.2, 0.25) is 11.7 Å². The van der Waals surface area contributed by atoms with Crippen LogP contribution in [-0.4, -0.2) is 45.3 Å². The van der Waals surface area contributed by atoms with Crippen LogP contribution in [0, 0.1) is 0 Å². The molecular formula is C14H22N2O4. The fourth-order valence-corrected chi connectivity index (χ4v) is 1.91. The van der Waals surface area contributed by atoms with Crippen molar-refractivity contribution in [1.29, 1.82) is 0 Å². The molecule has 4 N–H and O–H groups in total. The van der Waals surface area contributed by atoms with Crippen molar-refractivity contribution in [2.24, 2.45) is 0 Å². The van der Waals surface area contributed by atoms with Gasteiger partial charge in [0, 0.05) is 25.2 Å². The Kier molecular flexibility index (Phi) is 5.64. The lowest BCUT2D eigenvalue weighted by molar-refractivity contribution is -0.132. The van der Waals surface area contributed by atoms with E-state index in [4.69, 9.17) is 0 Å². The van der Waals surface area contributed by atoms with Crippen molar-refractivity contribution in [2.45, 2.75) is 33.4 Å². The molecule has 6 heteroatoms. The van der Waals surface area contributed by atoms with Crippen LogP contribution >= 0.6 is 0 Å². The first kappa shape index (κ1) is 16.1. The number of carbonyl (C=O) groups excluding carboxylic acids is 1. The monoisotopic (exact) mass is 282 g/mol. The molecule has 1 amide bonds. The van der Waals surface area contributed by atoms with Crippen LogP contribution in [-0.2, 0) is 11.3 Å². The first-order valence-corrected chi connectivity index (χ1v) is 6.67. The van der Waals surface area contributed by atoms with Crippen LogP contribution < -0.4 is 5.32 Å². The lowest BCUT2D eigenvalue weighted by atomic mass is 10.1. The highest BCUT2D eigenvalue weighted by molar-refractivity contribution is 5.81. The van der Waals surface area contributed by atoms with Crippen LogP contribution in [0.3, 0.4) is 0 Å². The van der Waals surface area contributed by atoms with Gasteiger partial charge in [0.1, 0.15) is 0 Å². The fraction of sp³-hybridized carbons (Fsp3) is 0.500. The van der Waals surface area contributed by atoms with Crippen molar-refractivity contribution in [2.75, 3.05) is 13.1 Å². The molecule has 0 aromatic heterocycles. The Morgan fingerprint density at radius 3 is 2.35 bits per heavy atom. The second-order valence-electron chi connectivity index (χ2n) is 4.55. The van der Waals surface area contributed by atoms with Crippen molar-refractivity contribution in [3.05, 3.63) is 17.7 Å². The number of hydrogen-bond acceptors (Lipinski definition) is 5. The zero-order valence-electron chi connectivity index (χ0n) is 12.1. The summed E-state index contributed by atoms with van der Waals surface area (Å²) in [5, 5.41) is 31.3. The number of aromatic hydroxyl groups is 3. The quantitative estimate of drug-likeness (QED) is 0.587. The molecule has 0 fully saturated rings. The zero-order chi connectivity index (χ0) is 15.3. The van der Waals surface area contributed by atoms with Gasteiger partial charge in [0.15, 0.2) is 11.5 Å². The number of carbonyl (C=O) groups is 1. The summed E-state index contributed by atoms with van der Waals surface area (Å²) in [4.78, 5) is 13.8. The summed E-state index contributed by atoms with van der Waals surface area (Å²) in [6.07, 6.45) is 0. The Morgan fingerprint density at radius 2 is 1.80 bits per heavy atom. The zero-order valence-corrected chi connectivity index (χ0v) is 12.1. The van der Waals surface area contributed by atoms with E-state index < -0.39 is 11.8 Å². The SMILES string of the molecule is CCN(CC)C(=O)C(C)NCc1ccc(O)c(O)c1O. The maximum atomic E-state index is 12.0. The third-order valence-electron chi connectivity index (χ3n) is 3.26. The molecule has 1 rings (SSSR count). The van der Waals surface area contributed by atoms with Crippen molar-refractivity contribution in [3.63, 3.8) is 0 Å². The van der Waals surface area contributed by atoms with Crippen LogP contribution in [0.15, 0.2) is 12.1 Å². The molecule has 0 radical (unpaired) electrons. The topological polar surface area (TPSA) is 93.0 Å². The molecule has 0 saturated heterocycles. The molecule has 6 nitrogen and oxygen atoms in total. The van der Waals surface area contributed by atoms with Gasteiger partial charge in [0.05, 0.1) is 6.04 Å². The van der Waals surface area contributed by atoms with Gasteiger partial charge >= 0.3 is 0 Å². The summed E-state index contributed by atoms with van der Waals surface area (Å²) in [5.41, 5.74) is 0.416. The number of nitrogens with zero attached hydrogens (tertiary/aromatic N) is 1. The van der Waals surface area contributed by atoms with E-state index in [-0.39, 0.29) is 24.0 Å². The van der Waals surface area contributed by atoms with Gasteiger partial charge in [-0.25, -0.2) is 0 Å². The van der Waals surface area contributed by atoms with E-state index in [0.717, 1.165) is 0 Å². The van der Waals surface area contributed by atoms with Crippen LogP contribution in [0.2, 0.25) is 0 Å². The Labute approximate surface area is 118 Å². The largest absolute Gasteiger partial charge is 0.504 e. The minimum atomic E-state index is -0.549. The molecule has 1 aromatic carbocycles. The second-order valence-corrected chi connectivity index (χ2v) is 4.55. The minimum absolute atomic E-state index is 0.0162. The predicted molar refractivity (Wildman–Crippen MR) is 75.7 cm³/mol. The number of rotatable bonds is 6. The molecule has 0 aliphatic heterocycles. The molecule has 1 atom stereocenters. The molecule has 1 aromatic rings. The van der Waals surface area contributed by atoms with Crippen molar-refractivity contribution < 1.29 is 20.1 Å². The first-order chi connectivity index (χ1) is 9.42. The van der Waals surface area contributed by atoms with Gasteiger partial charge < -0.3 is 25.5 Å². The highest BCUT2D eigenvalue weighted by Gasteiger charge is 2.18. The summed E-state index contributed by atoms with van der Waals surface area (Å²) >= 11 is 0. The number of phenols is 3. The van der Waals surface area contributed by atoms with Gasteiger partial charge in [-0.15, -0.1) is 0 Å². The Bertz CT molecular complexity index is 472. The second kappa shape index (κ2) is 7.00. The Hall–Kier alpha value is -1.95. The normalized spacial score (nSPS) is 12.2. The number of hydrogen-bond donors (Lipinski definition) is 4. The van der Waals surface area contributed by atoms with Crippen LogP contribution in [0.5, 0.6) is 17.2 Å². The van der Waals surface area contributed by atoms with Gasteiger partial charge in [-0.2, -0.15) is 0 Å². The number of amides is 1. The Morgan fingerprint density at radius 1 is 1.20 bits per heavy atom. The summed E-state index contributed by atoms with van der Waals surface area (Å²) in [7, 11) is 0. The highest BCUT2D eigenvalue weighted by Crippen LogP contribution is 2.36. The van der Waals surface area contributed by atoms with Crippen LogP contribution in [0.1, 0.15) is 26.3 Å². The lowest BCUT2D eigenvalue weighted by Crippen LogP contribution is -2.44. The molecule has 0 saturated carbocycles. The van der Waals surface area contributed by atoms with Gasteiger partial charge in [-0.05, 0) is 26.8 Å². The summed E-state index contributed by atoms with van der Waals surface area (Å²) < 4.78 is 0. The van der Waals surface area contributed by atoms with Crippen LogP contribution in [0.25, 0.3) is 0 Å². The third-order valence-corrected chi connectivity index (χ3v) is 3.26. The van der Waals surface area contributed by atoms with Crippen molar-refractivity contribution in [1.82, 2.24) is 10.2 Å². The lowest BCUT2D eigenvalue weighted by Gasteiger charge is -2.23. The highest BCUT2D eigenvalue weighted by atomic mass is 16.3. The average Bonchev–Trinajstić information content (AvgIpc) is 2.45. The van der Waals surface area contributed by atoms with E-state index in [2.05, 4.69) is 5.32 Å². The number of likely N-dealkylation sites (N-methyl/N-ethyl adjacent to an activating group) is 1. The van der Waals surface area contributed by atoms with Gasteiger partial charge in [0.25, 0.3) is 0 Å². The Balaban J connectivity index is 2.68. The number of nitrogens with one attached hydrogen (secondary N) is 1. The third kappa shape index (κ3) is 3.54. The van der Waals surface area contributed by atoms with Crippen molar-refractivity contribution in [3.8, 4) is 17.2 Å². The van der Waals surface area contributed by atoms with Gasteiger partial charge in [-0.1, -0.05) is 6.07 Å². The number of phenolic OH excluding ortho intramolecular Hbond substituents is 3. The van der Waals surface area contributed by atoms with E-state index in [9.17, 15) is 20.1 Å². The van der Waals surface area contributed by atoms with E-state index in [1.54, 1.807) is 11.8 Å². The first-order valence-electron chi connectivity index (χ1n) is 6.67. The standard InChI is InChI=1S/C14H22N2O4/c1-4-16(5-2)14(20)9(3)15-8-10-6-7-11(17)13(19)12(10)18/h6-7,9,15,17-19H,4-5,8H2,1-3H3. The summed E-state index contributed by atoms with van der Waals surface area (Å²) in [6, 6.07) is 2.39. The molecule has 0 aliphatic carbocycles. The predicted octanol–water partition coefficient (Wildman–Crippen LogP) is 1.15. The molecule has 0 heterocycles. The molecule has 0 bridgehead atoms. The summed E-state index contributed by atoms with van der Waals surface area (Å²) in [6.45, 7) is 7.08. The number of benzene rings is 1.